The molecule has 0 saturated heterocycles. The minimum atomic E-state index is 0.549. The van der Waals surface area contributed by atoms with E-state index in [0.29, 0.717) is 5.92 Å². The van der Waals surface area contributed by atoms with Crippen LogP contribution in [0.25, 0.3) is 11.3 Å². The lowest BCUT2D eigenvalue weighted by molar-refractivity contribution is 0.518. The van der Waals surface area contributed by atoms with Crippen LogP contribution in [0.15, 0.2) is 22.7 Å². The fourth-order valence-corrected chi connectivity index (χ4v) is 2.51. The van der Waals surface area contributed by atoms with Crippen molar-refractivity contribution in [1.29, 1.82) is 0 Å². The van der Waals surface area contributed by atoms with Gasteiger partial charge in [0, 0.05) is 16.6 Å². The van der Waals surface area contributed by atoms with E-state index in [1.54, 1.807) is 0 Å². The van der Waals surface area contributed by atoms with E-state index >= 15 is 0 Å². The van der Waals surface area contributed by atoms with Gasteiger partial charge in [0.1, 0.15) is 17.3 Å². The SMILES string of the molecule is Cc1ccc(-c2nc(C)n(CC(C)C)c2N)cc1Br. The van der Waals surface area contributed by atoms with E-state index in [1.165, 1.54) is 5.56 Å². The van der Waals surface area contributed by atoms with E-state index in [-0.39, 0.29) is 0 Å². The van der Waals surface area contributed by atoms with Crippen LogP contribution in [-0.4, -0.2) is 9.55 Å². The summed E-state index contributed by atoms with van der Waals surface area (Å²) in [7, 11) is 0. The zero-order chi connectivity index (χ0) is 14.2. The van der Waals surface area contributed by atoms with Crippen LogP contribution in [-0.2, 0) is 6.54 Å². The Hall–Kier alpha value is -1.29. The molecule has 102 valence electrons. The number of imidazole rings is 1. The smallest absolute Gasteiger partial charge is 0.131 e. The molecule has 4 heteroatoms. The molecule has 19 heavy (non-hydrogen) atoms. The molecular formula is C15H20BrN3. The highest BCUT2D eigenvalue weighted by Crippen LogP contribution is 2.30. The number of benzene rings is 1. The highest BCUT2D eigenvalue weighted by molar-refractivity contribution is 9.10. The highest BCUT2D eigenvalue weighted by Gasteiger charge is 2.14. The predicted molar refractivity (Wildman–Crippen MR) is 84.1 cm³/mol. The fraction of sp³-hybridized carbons (Fsp3) is 0.400. The van der Waals surface area contributed by atoms with Gasteiger partial charge in [-0.2, -0.15) is 0 Å². The van der Waals surface area contributed by atoms with Crippen molar-refractivity contribution in [2.75, 3.05) is 5.73 Å². The summed E-state index contributed by atoms with van der Waals surface area (Å²) in [5.74, 6) is 2.27. The molecular weight excluding hydrogens is 302 g/mol. The van der Waals surface area contributed by atoms with E-state index in [2.05, 4.69) is 64.5 Å². The van der Waals surface area contributed by atoms with Gasteiger partial charge < -0.3 is 10.3 Å². The standard InChI is InChI=1S/C15H20BrN3/c1-9(2)8-19-11(4)18-14(15(19)17)12-6-5-10(3)13(16)7-12/h5-7,9H,8,17H2,1-4H3. The second-order valence-corrected chi connectivity index (χ2v) is 6.22. The summed E-state index contributed by atoms with van der Waals surface area (Å²) in [6.45, 7) is 9.34. The van der Waals surface area contributed by atoms with Crippen LogP contribution in [0.2, 0.25) is 0 Å². The Morgan fingerprint density at radius 2 is 2.00 bits per heavy atom. The molecule has 0 radical (unpaired) electrons. The predicted octanol–water partition coefficient (Wildman–Crippen LogP) is 4.17. The maximum absolute atomic E-state index is 6.26. The summed E-state index contributed by atoms with van der Waals surface area (Å²) in [5, 5.41) is 0. The van der Waals surface area contributed by atoms with Gasteiger partial charge in [-0.05, 0) is 31.4 Å². The normalized spacial score (nSPS) is 11.3. The number of hydrogen-bond acceptors (Lipinski definition) is 2. The van der Waals surface area contributed by atoms with Crippen LogP contribution in [0.4, 0.5) is 5.82 Å². The summed E-state index contributed by atoms with van der Waals surface area (Å²) >= 11 is 3.56. The third-order valence-electron chi connectivity index (χ3n) is 3.19. The van der Waals surface area contributed by atoms with Crippen molar-refractivity contribution >= 4 is 21.7 Å². The molecule has 0 unspecified atom stereocenters. The first-order valence-corrected chi connectivity index (χ1v) is 7.28. The van der Waals surface area contributed by atoms with E-state index < -0.39 is 0 Å². The van der Waals surface area contributed by atoms with Gasteiger partial charge in [-0.1, -0.05) is 41.9 Å². The third-order valence-corrected chi connectivity index (χ3v) is 4.04. The van der Waals surface area contributed by atoms with E-state index in [4.69, 9.17) is 5.73 Å². The molecule has 2 aromatic rings. The van der Waals surface area contributed by atoms with E-state index in [0.717, 1.165) is 33.9 Å². The molecule has 3 nitrogen and oxygen atoms in total. The summed E-state index contributed by atoms with van der Waals surface area (Å²) in [6, 6.07) is 6.22. The average Bonchev–Trinajstić information content (AvgIpc) is 2.60. The minimum absolute atomic E-state index is 0.549. The Labute approximate surface area is 123 Å². The van der Waals surface area contributed by atoms with Gasteiger partial charge in [-0.3, -0.25) is 0 Å². The van der Waals surface area contributed by atoms with Gasteiger partial charge in [0.25, 0.3) is 0 Å². The maximum atomic E-state index is 6.26. The monoisotopic (exact) mass is 321 g/mol. The number of aryl methyl sites for hydroxylation is 2. The summed E-state index contributed by atoms with van der Waals surface area (Å²) in [5.41, 5.74) is 9.40. The van der Waals surface area contributed by atoms with Crippen molar-refractivity contribution in [3.8, 4) is 11.3 Å². The molecule has 0 bridgehead atoms. The summed E-state index contributed by atoms with van der Waals surface area (Å²) in [6.07, 6.45) is 0. The van der Waals surface area contributed by atoms with Crippen molar-refractivity contribution in [3.05, 3.63) is 34.1 Å². The van der Waals surface area contributed by atoms with Crippen molar-refractivity contribution in [3.63, 3.8) is 0 Å². The zero-order valence-electron chi connectivity index (χ0n) is 11.9. The number of nitrogen functional groups attached to an aromatic ring is 1. The number of anilines is 1. The Morgan fingerprint density at radius 3 is 2.58 bits per heavy atom. The number of hydrogen-bond donors (Lipinski definition) is 1. The third kappa shape index (κ3) is 2.84. The number of rotatable bonds is 3. The zero-order valence-corrected chi connectivity index (χ0v) is 13.5. The Bertz CT molecular complexity index is 600. The van der Waals surface area contributed by atoms with E-state index in [9.17, 15) is 0 Å². The molecule has 0 aliphatic carbocycles. The second kappa shape index (κ2) is 5.37. The number of nitrogens with two attached hydrogens (primary N) is 1. The largest absolute Gasteiger partial charge is 0.383 e. The number of halogens is 1. The van der Waals surface area contributed by atoms with Crippen LogP contribution < -0.4 is 5.73 Å². The molecule has 2 rings (SSSR count). The Kier molecular flexibility index (Phi) is 3.99. The van der Waals surface area contributed by atoms with Crippen LogP contribution in [0.1, 0.15) is 25.2 Å². The molecule has 0 spiro atoms. The van der Waals surface area contributed by atoms with Crippen molar-refractivity contribution in [2.45, 2.75) is 34.2 Å². The van der Waals surface area contributed by atoms with E-state index in [1.807, 2.05) is 6.92 Å². The molecule has 0 amide bonds. The summed E-state index contributed by atoms with van der Waals surface area (Å²) in [4.78, 5) is 4.62. The van der Waals surface area contributed by atoms with Gasteiger partial charge in [0.2, 0.25) is 0 Å². The molecule has 1 aromatic carbocycles. The topological polar surface area (TPSA) is 43.8 Å². The van der Waals surface area contributed by atoms with Crippen LogP contribution in [0.5, 0.6) is 0 Å². The lowest BCUT2D eigenvalue weighted by atomic mass is 10.1. The quantitative estimate of drug-likeness (QED) is 0.922. The molecule has 2 N–H and O–H groups in total. The number of nitrogens with zero attached hydrogens (tertiary/aromatic N) is 2. The van der Waals surface area contributed by atoms with Crippen LogP contribution in [0.3, 0.4) is 0 Å². The first-order chi connectivity index (χ1) is 8.90. The molecule has 0 aliphatic heterocycles. The highest BCUT2D eigenvalue weighted by atomic mass is 79.9. The first kappa shape index (κ1) is 14.1. The van der Waals surface area contributed by atoms with Crippen molar-refractivity contribution in [2.24, 2.45) is 5.92 Å². The van der Waals surface area contributed by atoms with Gasteiger partial charge in [0.05, 0.1) is 0 Å². The molecule has 0 fully saturated rings. The molecule has 0 saturated carbocycles. The Morgan fingerprint density at radius 1 is 1.32 bits per heavy atom. The van der Waals surface area contributed by atoms with Crippen molar-refractivity contribution < 1.29 is 0 Å². The van der Waals surface area contributed by atoms with Crippen LogP contribution in [0, 0.1) is 19.8 Å². The van der Waals surface area contributed by atoms with Gasteiger partial charge in [-0.25, -0.2) is 4.98 Å². The molecule has 0 atom stereocenters. The van der Waals surface area contributed by atoms with Gasteiger partial charge in [-0.15, -0.1) is 0 Å². The second-order valence-electron chi connectivity index (χ2n) is 5.36. The van der Waals surface area contributed by atoms with Crippen molar-refractivity contribution in [1.82, 2.24) is 9.55 Å². The lowest BCUT2D eigenvalue weighted by Gasteiger charge is -2.10. The van der Waals surface area contributed by atoms with Gasteiger partial charge in [0.15, 0.2) is 0 Å². The fourth-order valence-electron chi connectivity index (χ4n) is 2.13. The summed E-state index contributed by atoms with van der Waals surface area (Å²) < 4.78 is 3.17. The lowest BCUT2D eigenvalue weighted by Crippen LogP contribution is -2.09. The molecule has 0 aliphatic rings. The van der Waals surface area contributed by atoms with Crippen LogP contribution >= 0.6 is 15.9 Å². The maximum Gasteiger partial charge on any atom is 0.131 e. The molecule has 1 aromatic heterocycles. The number of aromatic nitrogens is 2. The Balaban J connectivity index is 2.48. The average molecular weight is 322 g/mol. The molecule has 1 heterocycles. The minimum Gasteiger partial charge on any atom is -0.383 e. The first-order valence-electron chi connectivity index (χ1n) is 6.49. The van der Waals surface area contributed by atoms with Gasteiger partial charge >= 0.3 is 0 Å².